The molecule has 1 aliphatic carbocycles. The van der Waals surface area contributed by atoms with Gasteiger partial charge in [0.25, 0.3) is 0 Å². The van der Waals surface area contributed by atoms with Gasteiger partial charge in [-0.1, -0.05) is 30.7 Å². The summed E-state index contributed by atoms with van der Waals surface area (Å²) in [7, 11) is -1.89. The van der Waals surface area contributed by atoms with E-state index in [9.17, 15) is 8.42 Å². The lowest BCUT2D eigenvalue weighted by atomic mass is 9.63. The first-order chi connectivity index (χ1) is 17.0. The molecule has 2 saturated heterocycles. The van der Waals surface area contributed by atoms with E-state index in [0.717, 1.165) is 25.9 Å². The van der Waals surface area contributed by atoms with E-state index in [1.54, 1.807) is 0 Å². The molecule has 2 heterocycles. The number of likely N-dealkylation sites (tertiary alicyclic amines) is 1. The summed E-state index contributed by atoms with van der Waals surface area (Å²) in [6, 6.07) is 17.9. The molecule has 1 saturated carbocycles. The summed E-state index contributed by atoms with van der Waals surface area (Å²) >= 11 is 0. The Bertz CT molecular complexity index is 1100. The molecule has 190 valence electrons. The standard InChI is InChI=1S/C28H39N3O3S/c1-34-18-19-35(32,33)29-25-7-4-6-24(20-25)28-13-5-8-27(21-28)31(17-14-28)22-23-9-11-26(12-10-23)30-15-2-3-16-30/h4,6-7,9-12,20,27,29H,2-3,5,8,13-19,21-22H2,1H3. The molecule has 5 rings (SSSR count). The van der Waals surface area contributed by atoms with Gasteiger partial charge < -0.3 is 9.64 Å². The van der Waals surface area contributed by atoms with Crippen molar-refractivity contribution in [3.63, 3.8) is 0 Å². The van der Waals surface area contributed by atoms with Crippen molar-refractivity contribution in [1.82, 2.24) is 4.90 Å². The number of methoxy groups -OCH3 is 1. The lowest BCUT2D eigenvalue weighted by Crippen LogP contribution is -2.51. The van der Waals surface area contributed by atoms with E-state index >= 15 is 0 Å². The molecule has 7 heteroatoms. The highest BCUT2D eigenvalue weighted by molar-refractivity contribution is 7.92. The van der Waals surface area contributed by atoms with E-state index in [-0.39, 0.29) is 17.8 Å². The Kier molecular flexibility index (Phi) is 7.37. The summed E-state index contributed by atoms with van der Waals surface area (Å²) in [5, 5.41) is 0. The molecule has 6 nitrogen and oxygen atoms in total. The van der Waals surface area contributed by atoms with Gasteiger partial charge in [0.1, 0.15) is 0 Å². The van der Waals surface area contributed by atoms with Crippen LogP contribution in [0.5, 0.6) is 0 Å². The molecule has 3 fully saturated rings. The minimum absolute atomic E-state index is 0.0328. The summed E-state index contributed by atoms with van der Waals surface area (Å²) in [6.07, 6.45) is 8.54. The molecule has 2 unspecified atom stereocenters. The fraction of sp³-hybridized carbons (Fsp3) is 0.571. The lowest BCUT2D eigenvalue weighted by molar-refractivity contribution is 0.0459. The number of nitrogens with one attached hydrogen (secondary N) is 1. The number of sulfonamides is 1. The van der Waals surface area contributed by atoms with Crippen molar-refractivity contribution in [3.8, 4) is 0 Å². The molecule has 2 aliphatic heterocycles. The zero-order valence-electron chi connectivity index (χ0n) is 20.9. The number of piperidine rings is 1. The van der Waals surface area contributed by atoms with Crippen LogP contribution < -0.4 is 9.62 Å². The van der Waals surface area contributed by atoms with Gasteiger partial charge in [0.15, 0.2) is 0 Å². The van der Waals surface area contributed by atoms with Gasteiger partial charge in [-0.25, -0.2) is 8.42 Å². The average molecular weight is 498 g/mol. The van der Waals surface area contributed by atoms with Crippen molar-refractivity contribution in [3.05, 3.63) is 59.7 Å². The lowest BCUT2D eigenvalue weighted by Gasteiger charge is -2.51. The third-order valence-electron chi connectivity index (χ3n) is 8.31. The number of anilines is 2. The molecule has 0 aromatic heterocycles. The fourth-order valence-electron chi connectivity index (χ4n) is 6.38. The molecule has 35 heavy (non-hydrogen) atoms. The van der Waals surface area contributed by atoms with Gasteiger partial charge in [-0.2, -0.15) is 0 Å². The van der Waals surface area contributed by atoms with E-state index in [1.165, 1.54) is 69.1 Å². The Morgan fingerprint density at radius 2 is 1.83 bits per heavy atom. The number of ether oxygens (including phenoxy) is 1. The SMILES string of the molecule is COCCS(=O)(=O)Nc1cccc(C23CCCC(C2)N(Cc2ccc(N4CCCC4)cc2)CC3)c1. The van der Waals surface area contributed by atoms with Gasteiger partial charge >= 0.3 is 0 Å². The minimum Gasteiger partial charge on any atom is -0.384 e. The van der Waals surface area contributed by atoms with Gasteiger partial charge in [-0.15, -0.1) is 0 Å². The smallest absolute Gasteiger partial charge is 0.234 e. The Morgan fingerprint density at radius 3 is 2.60 bits per heavy atom. The summed E-state index contributed by atoms with van der Waals surface area (Å²) in [4.78, 5) is 5.17. The number of nitrogens with zero attached hydrogens (tertiary/aromatic N) is 2. The van der Waals surface area contributed by atoms with Crippen molar-refractivity contribution in [2.75, 3.05) is 48.7 Å². The summed E-state index contributed by atoms with van der Waals surface area (Å²) in [5.41, 5.74) is 4.85. The molecule has 2 atom stereocenters. The normalized spacial score (nSPS) is 25.1. The number of hydrogen-bond donors (Lipinski definition) is 1. The van der Waals surface area contributed by atoms with Crippen molar-refractivity contribution in [2.45, 2.75) is 62.9 Å². The maximum absolute atomic E-state index is 12.4. The van der Waals surface area contributed by atoms with E-state index in [1.807, 2.05) is 12.1 Å². The number of hydrogen-bond acceptors (Lipinski definition) is 5. The van der Waals surface area contributed by atoms with Crippen molar-refractivity contribution in [2.24, 2.45) is 0 Å². The highest BCUT2D eigenvalue weighted by atomic mass is 32.2. The molecule has 2 aromatic rings. The molecule has 0 spiro atoms. The van der Waals surface area contributed by atoms with Crippen molar-refractivity contribution < 1.29 is 13.2 Å². The summed E-state index contributed by atoms with van der Waals surface area (Å²) < 4.78 is 32.4. The number of fused-ring (bicyclic) bond motifs is 2. The van der Waals surface area contributed by atoms with Crippen LogP contribution in [0.25, 0.3) is 0 Å². The average Bonchev–Trinajstić information content (AvgIpc) is 3.40. The highest BCUT2D eigenvalue weighted by Gasteiger charge is 2.43. The minimum atomic E-state index is -3.41. The number of rotatable bonds is 9. The monoisotopic (exact) mass is 497 g/mol. The van der Waals surface area contributed by atoms with Crippen LogP contribution in [0.4, 0.5) is 11.4 Å². The molecular weight excluding hydrogens is 458 g/mol. The Hall–Kier alpha value is -2.09. The van der Waals surface area contributed by atoms with Gasteiger partial charge in [-0.05, 0) is 85.9 Å². The third-order valence-corrected chi connectivity index (χ3v) is 9.56. The van der Waals surface area contributed by atoms with Crippen LogP contribution in [0, 0.1) is 0 Å². The molecule has 0 amide bonds. The largest absolute Gasteiger partial charge is 0.384 e. The second kappa shape index (κ2) is 10.5. The number of benzene rings is 2. The van der Waals surface area contributed by atoms with Gasteiger partial charge in [-0.3, -0.25) is 9.62 Å². The molecule has 2 bridgehead atoms. The van der Waals surface area contributed by atoms with E-state index < -0.39 is 10.0 Å². The second-order valence-electron chi connectivity index (χ2n) is 10.6. The van der Waals surface area contributed by atoms with Crippen LogP contribution in [-0.2, 0) is 26.7 Å². The first-order valence-electron chi connectivity index (χ1n) is 13.1. The zero-order chi connectivity index (χ0) is 24.3. The fourth-order valence-corrected chi connectivity index (χ4v) is 7.36. The molecular formula is C28H39N3O3S. The molecule has 2 aromatic carbocycles. The van der Waals surface area contributed by atoms with Gasteiger partial charge in [0.2, 0.25) is 10.0 Å². The van der Waals surface area contributed by atoms with Crippen molar-refractivity contribution >= 4 is 21.4 Å². The van der Waals surface area contributed by atoms with Crippen LogP contribution in [0.2, 0.25) is 0 Å². The topological polar surface area (TPSA) is 61.9 Å². The van der Waals surface area contributed by atoms with Crippen molar-refractivity contribution in [1.29, 1.82) is 0 Å². The third kappa shape index (κ3) is 5.68. The zero-order valence-corrected chi connectivity index (χ0v) is 21.7. The van der Waals surface area contributed by atoms with E-state index in [0.29, 0.717) is 11.7 Å². The second-order valence-corrected chi connectivity index (χ2v) is 12.4. The molecule has 1 N–H and O–H groups in total. The molecule has 0 radical (unpaired) electrons. The van der Waals surface area contributed by atoms with Crippen LogP contribution in [-0.4, -0.2) is 58.5 Å². The van der Waals surface area contributed by atoms with E-state index in [4.69, 9.17) is 4.74 Å². The Labute approximate surface area is 210 Å². The first-order valence-corrected chi connectivity index (χ1v) is 14.8. The van der Waals surface area contributed by atoms with Crippen LogP contribution in [0.1, 0.15) is 56.1 Å². The highest BCUT2D eigenvalue weighted by Crippen LogP contribution is 2.47. The van der Waals surface area contributed by atoms with Gasteiger partial charge in [0, 0.05) is 44.2 Å². The van der Waals surface area contributed by atoms with Crippen LogP contribution in [0.15, 0.2) is 48.5 Å². The predicted molar refractivity (Wildman–Crippen MR) is 143 cm³/mol. The first kappa shape index (κ1) is 24.6. The van der Waals surface area contributed by atoms with Crippen LogP contribution in [0.3, 0.4) is 0 Å². The molecule has 3 aliphatic rings. The van der Waals surface area contributed by atoms with Crippen LogP contribution >= 0.6 is 0 Å². The quantitative estimate of drug-likeness (QED) is 0.541. The predicted octanol–water partition coefficient (Wildman–Crippen LogP) is 4.76. The maximum atomic E-state index is 12.4. The summed E-state index contributed by atoms with van der Waals surface area (Å²) in [6.45, 7) is 4.66. The van der Waals surface area contributed by atoms with E-state index in [2.05, 4.69) is 50.9 Å². The van der Waals surface area contributed by atoms with Gasteiger partial charge in [0.05, 0.1) is 12.4 Å². The summed E-state index contributed by atoms with van der Waals surface area (Å²) in [5.74, 6) is -0.0328. The Morgan fingerprint density at radius 1 is 1.03 bits per heavy atom. The Balaban J connectivity index is 1.25. The maximum Gasteiger partial charge on any atom is 0.234 e.